The van der Waals surface area contributed by atoms with Gasteiger partial charge in [-0.2, -0.15) is 4.31 Å². The second-order valence-electron chi connectivity index (χ2n) is 3.40. The van der Waals surface area contributed by atoms with Crippen molar-refractivity contribution in [2.24, 2.45) is 0 Å². The zero-order valence-corrected chi connectivity index (χ0v) is 12.4. The summed E-state index contributed by atoms with van der Waals surface area (Å²) in [5.41, 5.74) is 0. The van der Waals surface area contributed by atoms with E-state index < -0.39 is 16.0 Å². The van der Waals surface area contributed by atoms with Gasteiger partial charge in [-0.25, -0.2) is 8.42 Å². The summed E-state index contributed by atoms with van der Waals surface area (Å²) in [5, 5.41) is 0. The molecule has 1 rings (SSSR count). The second kappa shape index (κ2) is 6.26. The van der Waals surface area contributed by atoms with Crippen LogP contribution >= 0.6 is 15.9 Å². The molecule has 0 saturated carbocycles. The average Bonchev–Trinajstić information content (AvgIpc) is 2.29. The van der Waals surface area contributed by atoms with Crippen LogP contribution in [0.1, 0.15) is 6.92 Å². The number of likely N-dealkylation sites (N-methyl/N-ethyl adjacent to an activating group) is 1. The van der Waals surface area contributed by atoms with Crippen molar-refractivity contribution in [3.05, 3.63) is 22.9 Å². The molecule has 0 aliphatic rings. The number of halogens is 1. The highest BCUT2D eigenvalue weighted by Crippen LogP contribution is 2.17. The van der Waals surface area contributed by atoms with Gasteiger partial charge >= 0.3 is 5.97 Å². The molecule has 18 heavy (non-hydrogen) atoms. The number of carbonyl (C=O) groups excluding carboxylic acids is 1. The SMILES string of the molecule is CCOC(=O)CN(C)S(=O)(=O)c1cncc(Br)c1. The average molecular weight is 337 g/mol. The van der Waals surface area contributed by atoms with Crippen molar-refractivity contribution in [3.8, 4) is 0 Å². The van der Waals surface area contributed by atoms with E-state index >= 15 is 0 Å². The number of pyridine rings is 1. The highest BCUT2D eigenvalue weighted by atomic mass is 79.9. The van der Waals surface area contributed by atoms with E-state index in [1.165, 1.54) is 25.5 Å². The summed E-state index contributed by atoms with van der Waals surface area (Å²) < 4.78 is 30.3. The zero-order chi connectivity index (χ0) is 13.8. The second-order valence-corrected chi connectivity index (χ2v) is 6.37. The maximum absolute atomic E-state index is 12.1. The fraction of sp³-hybridized carbons (Fsp3) is 0.400. The lowest BCUT2D eigenvalue weighted by Crippen LogP contribution is -2.33. The Balaban J connectivity index is 2.90. The van der Waals surface area contributed by atoms with E-state index in [9.17, 15) is 13.2 Å². The molecule has 0 N–H and O–H groups in total. The lowest BCUT2D eigenvalue weighted by molar-refractivity contribution is -0.143. The molecule has 0 aliphatic heterocycles. The molecule has 0 aromatic carbocycles. The summed E-state index contributed by atoms with van der Waals surface area (Å²) in [6, 6.07) is 1.42. The number of hydrogen-bond donors (Lipinski definition) is 0. The molecule has 0 amide bonds. The minimum absolute atomic E-state index is 0.0173. The van der Waals surface area contributed by atoms with Crippen LogP contribution in [0.2, 0.25) is 0 Å². The maximum Gasteiger partial charge on any atom is 0.321 e. The number of rotatable bonds is 5. The summed E-state index contributed by atoms with van der Waals surface area (Å²) in [6.45, 7) is 1.54. The molecule has 0 saturated heterocycles. The van der Waals surface area contributed by atoms with Crippen molar-refractivity contribution >= 4 is 31.9 Å². The lowest BCUT2D eigenvalue weighted by Gasteiger charge is -2.15. The summed E-state index contributed by atoms with van der Waals surface area (Å²) >= 11 is 3.14. The fourth-order valence-corrected chi connectivity index (χ4v) is 2.81. The van der Waals surface area contributed by atoms with Gasteiger partial charge in [0.05, 0.1) is 6.61 Å². The van der Waals surface area contributed by atoms with Crippen molar-refractivity contribution in [3.63, 3.8) is 0 Å². The third-order valence-electron chi connectivity index (χ3n) is 2.05. The van der Waals surface area contributed by atoms with Crippen molar-refractivity contribution in [2.75, 3.05) is 20.2 Å². The Kier molecular flexibility index (Phi) is 5.24. The van der Waals surface area contributed by atoms with Gasteiger partial charge in [0, 0.05) is 23.9 Å². The first-order valence-electron chi connectivity index (χ1n) is 5.10. The van der Waals surface area contributed by atoms with E-state index in [0.29, 0.717) is 4.47 Å². The first kappa shape index (κ1) is 15.1. The topological polar surface area (TPSA) is 76.6 Å². The van der Waals surface area contributed by atoms with Gasteiger partial charge < -0.3 is 4.74 Å². The maximum atomic E-state index is 12.1. The number of nitrogens with zero attached hydrogens (tertiary/aromatic N) is 2. The Morgan fingerprint density at radius 1 is 1.50 bits per heavy atom. The van der Waals surface area contributed by atoms with Gasteiger partial charge in [0.2, 0.25) is 10.0 Å². The van der Waals surface area contributed by atoms with E-state index in [2.05, 4.69) is 20.9 Å². The molecular formula is C10H13BrN2O4S. The van der Waals surface area contributed by atoms with Crippen molar-refractivity contribution in [2.45, 2.75) is 11.8 Å². The Hall–Kier alpha value is -0.990. The van der Waals surface area contributed by atoms with E-state index in [0.717, 1.165) is 4.31 Å². The van der Waals surface area contributed by atoms with Gasteiger partial charge in [-0.05, 0) is 28.9 Å². The van der Waals surface area contributed by atoms with Crippen LogP contribution in [0.15, 0.2) is 27.8 Å². The standard InChI is InChI=1S/C10H13BrN2O4S/c1-3-17-10(14)7-13(2)18(15,16)9-4-8(11)5-12-6-9/h4-6H,3,7H2,1-2H3. The third-order valence-corrected chi connectivity index (χ3v) is 4.25. The van der Waals surface area contributed by atoms with Gasteiger partial charge in [-0.1, -0.05) is 0 Å². The molecule has 0 aliphatic carbocycles. The van der Waals surface area contributed by atoms with E-state index in [-0.39, 0.29) is 18.0 Å². The molecule has 1 heterocycles. The molecule has 0 radical (unpaired) electrons. The number of ether oxygens (including phenoxy) is 1. The van der Waals surface area contributed by atoms with E-state index in [1.54, 1.807) is 6.92 Å². The Morgan fingerprint density at radius 3 is 2.72 bits per heavy atom. The van der Waals surface area contributed by atoms with Crippen LogP contribution in [0.25, 0.3) is 0 Å². The van der Waals surface area contributed by atoms with Crippen LogP contribution in [0.3, 0.4) is 0 Å². The minimum Gasteiger partial charge on any atom is -0.465 e. The highest BCUT2D eigenvalue weighted by molar-refractivity contribution is 9.10. The first-order chi connectivity index (χ1) is 8.37. The molecule has 1 aromatic heterocycles. The van der Waals surface area contributed by atoms with Crippen LogP contribution < -0.4 is 0 Å². The molecule has 100 valence electrons. The van der Waals surface area contributed by atoms with Gasteiger partial charge in [0.15, 0.2) is 0 Å². The Labute approximate surface area is 114 Å². The highest BCUT2D eigenvalue weighted by Gasteiger charge is 2.23. The third kappa shape index (κ3) is 3.76. The van der Waals surface area contributed by atoms with Gasteiger partial charge in [-0.15, -0.1) is 0 Å². The van der Waals surface area contributed by atoms with Crippen LogP contribution in [0.4, 0.5) is 0 Å². The number of esters is 1. The van der Waals surface area contributed by atoms with Crippen molar-refractivity contribution in [1.82, 2.24) is 9.29 Å². The predicted molar refractivity (Wildman–Crippen MR) is 68.4 cm³/mol. The molecule has 1 aromatic rings. The fourth-order valence-electron chi connectivity index (χ4n) is 1.19. The lowest BCUT2D eigenvalue weighted by atomic mass is 10.5. The smallest absolute Gasteiger partial charge is 0.321 e. The summed E-state index contributed by atoms with van der Waals surface area (Å²) in [4.78, 5) is 15.0. The molecule has 0 atom stereocenters. The number of hydrogen-bond acceptors (Lipinski definition) is 5. The Morgan fingerprint density at radius 2 is 2.17 bits per heavy atom. The van der Waals surface area contributed by atoms with Crippen LogP contribution in [-0.4, -0.2) is 43.9 Å². The number of aromatic nitrogens is 1. The molecule has 8 heteroatoms. The normalized spacial score (nSPS) is 11.6. The monoisotopic (exact) mass is 336 g/mol. The molecular weight excluding hydrogens is 324 g/mol. The van der Waals surface area contributed by atoms with E-state index in [4.69, 9.17) is 4.74 Å². The summed E-state index contributed by atoms with van der Waals surface area (Å²) in [6.07, 6.45) is 2.70. The molecule has 0 unspecified atom stereocenters. The van der Waals surface area contributed by atoms with Crippen LogP contribution in [-0.2, 0) is 19.6 Å². The van der Waals surface area contributed by atoms with Gasteiger partial charge in [0.1, 0.15) is 11.4 Å². The van der Waals surface area contributed by atoms with Crippen LogP contribution in [0.5, 0.6) is 0 Å². The number of carbonyl (C=O) groups is 1. The van der Waals surface area contributed by atoms with Gasteiger partial charge in [-0.3, -0.25) is 9.78 Å². The molecule has 0 fully saturated rings. The molecule has 0 bridgehead atoms. The van der Waals surface area contributed by atoms with E-state index in [1.807, 2.05) is 0 Å². The van der Waals surface area contributed by atoms with Crippen molar-refractivity contribution < 1.29 is 17.9 Å². The largest absolute Gasteiger partial charge is 0.465 e. The molecule has 0 spiro atoms. The number of sulfonamides is 1. The quantitative estimate of drug-likeness (QED) is 0.750. The first-order valence-corrected chi connectivity index (χ1v) is 7.33. The Bertz CT molecular complexity index is 532. The molecule has 6 nitrogen and oxygen atoms in total. The van der Waals surface area contributed by atoms with Crippen molar-refractivity contribution in [1.29, 1.82) is 0 Å². The summed E-state index contributed by atoms with van der Waals surface area (Å²) in [5.74, 6) is -0.591. The summed E-state index contributed by atoms with van der Waals surface area (Å²) in [7, 11) is -2.42. The predicted octanol–water partition coefficient (Wildman–Crippen LogP) is 1.03. The minimum atomic E-state index is -3.73. The van der Waals surface area contributed by atoms with Crippen LogP contribution in [0, 0.1) is 0 Å². The van der Waals surface area contributed by atoms with Gasteiger partial charge in [0.25, 0.3) is 0 Å². The zero-order valence-electron chi connectivity index (χ0n) is 9.96.